The van der Waals surface area contributed by atoms with Gasteiger partial charge in [-0.15, -0.1) is 35.3 Å². The predicted molar refractivity (Wildman–Crippen MR) is 119 cm³/mol. The number of nitrogens with zero attached hydrogens (tertiary/aromatic N) is 2. The molecule has 0 aliphatic carbocycles. The van der Waals surface area contributed by atoms with E-state index in [1.807, 2.05) is 31.3 Å². The molecule has 2 rings (SSSR count). The van der Waals surface area contributed by atoms with Crippen molar-refractivity contribution in [3.8, 4) is 0 Å². The molecule has 3 N–H and O–H groups in total. The van der Waals surface area contributed by atoms with E-state index in [1.165, 1.54) is 4.88 Å². The molecule has 0 spiro atoms. The van der Waals surface area contributed by atoms with Crippen LogP contribution in [-0.2, 0) is 13.0 Å². The first-order chi connectivity index (χ1) is 12.2. The number of halogens is 1. The van der Waals surface area contributed by atoms with Crippen molar-refractivity contribution in [2.24, 2.45) is 4.99 Å². The van der Waals surface area contributed by atoms with Crippen molar-refractivity contribution < 1.29 is 4.79 Å². The first kappa shape index (κ1) is 22.4. The van der Waals surface area contributed by atoms with Gasteiger partial charge >= 0.3 is 0 Å². The summed E-state index contributed by atoms with van der Waals surface area (Å²) >= 11 is 1.69. The van der Waals surface area contributed by atoms with Gasteiger partial charge in [-0.3, -0.25) is 4.79 Å². The SMILES string of the molecule is CCNC(=NCc1ncc(CC)s1)NCCNC(=O)c1ccccc1.I. The Morgan fingerprint density at radius 1 is 1.12 bits per heavy atom. The van der Waals surface area contributed by atoms with Crippen molar-refractivity contribution in [3.05, 3.63) is 52.0 Å². The first-order valence-electron chi connectivity index (χ1n) is 8.52. The molecule has 2 aromatic rings. The van der Waals surface area contributed by atoms with E-state index in [1.54, 1.807) is 23.5 Å². The van der Waals surface area contributed by atoms with E-state index < -0.39 is 0 Å². The van der Waals surface area contributed by atoms with Crippen LogP contribution >= 0.6 is 35.3 Å². The average Bonchev–Trinajstić information content (AvgIpc) is 3.11. The van der Waals surface area contributed by atoms with E-state index in [9.17, 15) is 4.79 Å². The number of benzene rings is 1. The molecule has 0 atom stereocenters. The second-order valence-electron chi connectivity index (χ2n) is 5.32. The molecule has 1 aromatic heterocycles. The van der Waals surface area contributed by atoms with Crippen LogP contribution in [0.25, 0.3) is 0 Å². The van der Waals surface area contributed by atoms with Crippen LogP contribution in [0.3, 0.4) is 0 Å². The third kappa shape index (κ3) is 7.69. The molecule has 8 heteroatoms. The maximum Gasteiger partial charge on any atom is 0.251 e. The second-order valence-corrected chi connectivity index (χ2v) is 6.52. The largest absolute Gasteiger partial charge is 0.357 e. The summed E-state index contributed by atoms with van der Waals surface area (Å²) in [5.74, 6) is 0.656. The fourth-order valence-corrected chi connectivity index (χ4v) is 2.91. The highest BCUT2D eigenvalue weighted by molar-refractivity contribution is 14.0. The van der Waals surface area contributed by atoms with Crippen molar-refractivity contribution in [1.82, 2.24) is 20.9 Å². The average molecular weight is 487 g/mol. The Kier molecular flexibility index (Phi) is 10.9. The molecule has 1 heterocycles. The van der Waals surface area contributed by atoms with Gasteiger partial charge in [-0.2, -0.15) is 0 Å². The Morgan fingerprint density at radius 3 is 2.50 bits per heavy atom. The van der Waals surface area contributed by atoms with Gasteiger partial charge in [-0.1, -0.05) is 25.1 Å². The van der Waals surface area contributed by atoms with Crippen LogP contribution in [0.5, 0.6) is 0 Å². The molecule has 0 bridgehead atoms. The number of carbonyl (C=O) groups is 1. The number of nitrogens with one attached hydrogen (secondary N) is 3. The lowest BCUT2D eigenvalue weighted by molar-refractivity contribution is 0.0954. The zero-order chi connectivity index (χ0) is 17.9. The van der Waals surface area contributed by atoms with Gasteiger partial charge in [0.05, 0.1) is 6.54 Å². The van der Waals surface area contributed by atoms with Gasteiger partial charge in [-0.05, 0) is 25.5 Å². The number of aromatic nitrogens is 1. The number of thiazole rings is 1. The molecule has 0 aliphatic heterocycles. The third-order valence-electron chi connectivity index (χ3n) is 3.41. The van der Waals surface area contributed by atoms with E-state index in [4.69, 9.17) is 0 Å². The second kappa shape index (κ2) is 12.6. The van der Waals surface area contributed by atoms with Crippen LogP contribution < -0.4 is 16.0 Å². The molecule has 0 radical (unpaired) electrons. The van der Waals surface area contributed by atoms with Crippen LogP contribution in [-0.4, -0.2) is 36.5 Å². The van der Waals surface area contributed by atoms with Crippen LogP contribution in [0.1, 0.15) is 34.1 Å². The Bertz CT molecular complexity index is 690. The number of aliphatic imine (C=N–C) groups is 1. The minimum atomic E-state index is -0.0702. The standard InChI is InChI=1S/C18H25N5OS.HI/c1-3-15-12-22-16(25-15)13-23-18(19-4-2)21-11-10-20-17(24)14-8-6-5-7-9-14;/h5-9,12H,3-4,10-11,13H2,1-2H3,(H,20,24)(H2,19,21,23);1H. The summed E-state index contributed by atoms with van der Waals surface area (Å²) < 4.78 is 0. The van der Waals surface area contributed by atoms with Crippen LogP contribution in [0, 0.1) is 0 Å². The van der Waals surface area contributed by atoms with E-state index in [0.29, 0.717) is 25.2 Å². The number of guanidine groups is 1. The Labute approximate surface area is 175 Å². The summed E-state index contributed by atoms with van der Waals surface area (Å²) in [6, 6.07) is 9.19. The number of hydrogen-bond donors (Lipinski definition) is 3. The van der Waals surface area contributed by atoms with E-state index >= 15 is 0 Å². The zero-order valence-electron chi connectivity index (χ0n) is 15.1. The predicted octanol–water partition coefficient (Wildman–Crippen LogP) is 2.81. The van der Waals surface area contributed by atoms with Gasteiger partial charge in [0.25, 0.3) is 5.91 Å². The first-order valence-corrected chi connectivity index (χ1v) is 9.33. The molecule has 0 fully saturated rings. The Balaban J connectivity index is 0.00000338. The quantitative estimate of drug-likeness (QED) is 0.232. The molecule has 6 nitrogen and oxygen atoms in total. The number of amides is 1. The van der Waals surface area contributed by atoms with Crippen LogP contribution in [0.2, 0.25) is 0 Å². The van der Waals surface area contributed by atoms with E-state index in [0.717, 1.165) is 23.9 Å². The molecule has 1 amide bonds. The fraction of sp³-hybridized carbons (Fsp3) is 0.389. The summed E-state index contributed by atoms with van der Waals surface area (Å²) in [4.78, 5) is 22.1. The summed E-state index contributed by atoms with van der Waals surface area (Å²) in [5, 5.41) is 10.3. The molecule has 26 heavy (non-hydrogen) atoms. The maximum atomic E-state index is 12.0. The molecule has 0 saturated carbocycles. The van der Waals surface area contributed by atoms with Crippen molar-refractivity contribution in [3.63, 3.8) is 0 Å². The number of hydrogen-bond acceptors (Lipinski definition) is 4. The smallest absolute Gasteiger partial charge is 0.251 e. The monoisotopic (exact) mass is 487 g/mol. The van der Waals surface area contributed by atoms with Gasteiger partial charge in [0.2, 0.25) is 0 Å². The summed E-state index contributed by atoms with van der Waals surface area (Å²) in [5.41, 5.74) is 0.665. The maximum absolute atomic E-state index is 12.0. The van der Waals surface area contributed by atoms with Crippen LogP contribution in [0.15, 0.2) is 41.5 Å². The molecule has 0 aliphatic rings. The highest BCUT2D eigenvalue weighted by Crippen LogP contribution is 2.13. The highest BCUT2D eigenvalue weighted by atomic mass is 127. The third-order valence-corrected chi connectivity index (χ3v) is 4.53. The minimum absolute atomic E-state index is 0. The molecular formula is C18H26IN5OS. The number of carbonyl (C=O) groups excluding carboxylic acids is 1. The molecule has 142 valence electrons. The fourth-order valence-electron chi connectivity index (χ4n) is 2.12. The van der Waals surface area contributed by atoms with Crippen LogP contribution in [0.4, 0.5) is 0 Å². The van der Waals surface area contributed by atoms with Gasteiger partial charge in [0.1, 0.15) is 5.01 Å². The summed E-state index contributed by atoms with van der Waals surface area (Å²) in [6.07, 6.45) is 2.91. The number of aryl methyl sites for hydroxylation is 1. The van der Waals surface area contributed by atoms with Crippen molar-refractivity contribution in [1.29, 1.82) is 0 Å². The normalized spacial score (nSPS) is 10.8. The van der Waals surface area contributed by atoms with Gasteiger partial charge in [-0.25, -0.2) is 9.98 Å². The lowest BCUT2D eigenvalue weighted by Gasteiger charge is -2.11. The van der Waals surface area contributed by atoms with Gasteiger partial charge in [0, 0.05) is 36.3 Å². The van der Waals surface area contributed by atoms with Crippen molar-refractivity contribution >= 4 is 47.2 Å². The Hall–Kier alpha value is -1.68. The lowest BCUT2D eigenvalue weighted by Crippen LogP contribution is -2.41. The summed E-state index contributed by atoms with van der Waals surface area (Å²) in [7, 11) is 0. The lowest BCUT2D eigenvalue weighted by atomic mass is 10.2. The van der Waals surface area contributed by atoms with E-state index in [-0.39, 0.29) is 29.9 Å². The summed E-state index contributed by atoms with van der Waals surface area (Å²) in [6.45, 7) is 6.59. The highest BCUT2D eigenvalue weighted by Gasteiger charge is 2.04. The zero-order valence-corrected chi connectivity index (χ0v) is 18.3. The van der Waals surface area contributed by atoms with Gasteiger partial charge in [0.15, 0.2) is 5.96 Å². The van der Waals surface area contributed by atoms with Gasteiger partial charge < -0.3 is 16.0 Å². The van der Waals surface area contributed by atoms with Crippen molar-refractivity contribution in [2.75, 3.05) is 19.6 Å². The minimum Gasteiger partial charge on any atom is -0.357 e. The molecule has 1 aromatic carbocycles. The Morgan fingerprint density at radius 2 is 1.85 bits per heavy atom. The van der Waals surface area contributed by atoms with E-state index in [2.05, 4.69) is 32.9 Å². The molecular weight excluding hydrogens is 461 g/mol. The molecule has 0 unspecified atom stereocenters. The number of rotatable bonds is 8. The topological polar surface area (TPSA) is 78.4 Å². The molecule has 0 saturated heterocycles. The van der Waals surface area contributed by atoms with Crippen molar-refractivity contribution in [2.45, 2.75) is 26.8 Å².